The zero-order chi connectivity index (χ0) is 19.2. The molecule has 0 spiro atoms. The molecule has 0 amide bonds. The van der Waals surface area contributed by atoms with Crippen LogP contribution in [-0.2, 0) is 6.18 Å². The van der Waals surface area contributed by atoms with Crippen LogP contribution < -0.4 is 5.73 Å². The summed E-state index contributed by atoms with van der Waals surface area (Å²) in [6.07, 6.45) is -0.211. The molecule has 7 heteroatoms. The number of halogens is 3. The van der Waals surface area contributed by atoms with E-state index >= 15 is 0 Å². The standard InChI is InChI=1S/C20H13F3N3O/c21-20(22,23)12-5-3-4-11(8-12)14-9-26-19(24)17(14)18(27)15-10-25-16-7-2-1-6-13(15)16/h1-8,10,25-26H,24H2. The third kappa shape index (κ3) is 2.87. The summed E-state index contributed by atoms with van der Waals surface area (Å²) in [5, 5.41) is 0.707. The molecule has 4 rings (SSSR count). The lowest BCUT2D eigenvalue weighted by molar-refractivity contribution is -0.137. The number of aromatic nitrogens is 2. The van der Waals surface area contributed by atoms with Gasteiger partial charge in [0, 0.05) is 28.2 Å². The first-order valence-corrected chi connectivity index (χ1v) is 8.04. The SMILES string of the molecule is Nc1[nH][c]c(-c2cccc(C(F)(F)F)c2)c1C(=O)c1c[nH]c2ccccc12. The van der Waals surface area contributed by atoms with Crippen LogP contribution >= 0.6 is 0 Å². The number of ketones is 1. The van der Waals surface area contributed by atoms with Crippen LogP contribution in [0.2, 0.25) is 0 Å². The van der Waals surface area contributed by atoms with E-state index in [4.69, 9.17) is 5.73 Å². The van der Waals surface area contributed by atoms with Crippen LogP contribution in [0.15, 0.2) is 54.7 Å². The van der Waals surface area contributed by atoms with Crippen LogP contribution in [0.5, 0.6) is 0 Å². The minimum Gasteiger partial charge on any atom is -0.385 e. The molecule has 0 saturated carbocycles. The van der Waals surface area contributed by atoms with Crippen molar-refractivity contribution in [2.75, 3.05) is 5.73 Å². The lowest BCUT2D eigenvalue weighted by Gasteiger charge is -2.09. The van der Waals surface area contributed by atoms with E-state index in [1.165, 1.54) is 12.1 Å². The molecule has 27 heavy (non-hydrogen) atoms. The molecule has 1 radical (unpaired) electrons. The van der Waals surface area contributed by atoms with Gasteiger partial charge in [-0.1, -0.05) is 30.3 Å². The molecule has 0 bridgehead atoms. The molecule has 4 N–H and O–H groups in total. The second-order valence-electron chi connectivity index (χ2n) is 6.07. The number of para-hydroxylation sites is 1. The monoisotopic (exact) mass is 368 g/mol. The number of anilines is 1. The summed E-state index contributed by atoms with van der Waals surface area (Å²) >= 11 is 0. The second-order valence-corrected chi connectivity index (χ2v) is 6.07. The summed E-state index contributed by atoms with van der Waals surface area (Å²) in [5.74, 6) is -0.340. The fourth-order valence-corrected chi connectivity index (χ4v) is 3.09. The molecule has 0 aliphatic heterocycles. The summed E-state index contributed by atoms with van der Waals surface area (Å²) in [4.78, 5) is 18.8. The van der Waals surface area contributed by atoms with Gasteiger partial charge in [-0.25, -0.2) is 0 Å². The van der Waals surface area contributed by atoms with E-state index in [2.05, 4.69) is 16.2 Å². The number of carbonyl (C=O) groups excluding carboxylic acids is 1. The maximum Gasteiger partial charge on any atom is 0.416 e. The summed E-state index contributed by atoms with van der Waals surface area (Å²) < 4.78 is 39.1. The Morgan fingerprint density at radius 1 is 1.07 bits per heavy atom. The molecule has 0 atom stereocenters. The number of benzene rings is 2. The predicted molar refractivity (Wildman–Crippen MR) is 96.2 cm³/mol. The molecule has 0 unspecified atom stereocenters. The summed E-state index contributed by atoms with van der Waals surface area (Å²) in [7, 11) is 0. The number of rotatable bonds is 3. The highest BCUT2D eigenvalue weighted by molar-refractivity contribution is 6.21. The topological polar surface area (TPSA) is 74.7 Å². The van der Waals surface area contributed by atoms with Gasteiger partial charge in [0.1, 0.15) is 5.82 Å². The van der Waals surface area contributed by atoms with Crippen LogP contribution in [0, 0.1) is 6.20 Å². The fourth-order valence-electron chi connectivity index (χ4n) is 3.09. The van der Waals surface area contributed by atoms with Crippen molar-refractivity contribution < 1.29 is 18.0 Å². The van der Waals surface area contributed by atoms with Gasteiger partial charge in [0.15, 0.2) is 5.78 Å². The summed E-state index contributed by atoms with van der Waals surface area (Å²) in [5.41, 5.74) is 6.78. The average molecular weight is 368 g/mol. The highest BCUT2D eigenvalue weighted by atomic mass is 19.4. The number of aromatic amines is 2. The summed E-state index contributed by atoms with van der Waals surface area (Å²) in [6, 6.07) is 12.0. The van der Waals surface area contributed by atoms with Gasteiger partial charge in [-0.05, 0) is 23.8 Å². The van der Waals surface area contributed by atoms with Gasteiger partial charge in [-0.3, -0.25) is 4.79 Å². The number of hydrogen-bond acceptors (Lipinski definition) is 2. The highest BCUT2D eigenvalue weighted by Crippen LogP contribution is 2.35. The van der Waals surface area contributed by atoms with E-state index in [1.807, 2.05) is 12.1 Å². The molecule has 4 aromatic rings. The van der Waals surface area contributed by atoms with Gasteiger partial charge in [0.25, 0.3) is 0 Å². The minimum atomic E-state index is -4.49. The Morgan fingerprint density at radius 2 is 1.85 bits per heavy atom. The van der Waals surface area contributed by atoms with Crippen LogP contribution in [0.25, 0.3) is 22.0 Å². The number of H-pyrrole nitrogens is 2. The number of nitrogen functional groups attached to an aromatic ring is 1. The first-order valence-electron chi connectivity index (χ1n) is 8.04. The van der Waals surface area contributed by atoms with E-state index in [-0.39, 0.29) is 22.5 Å². The zero-order valence-corrected chi connectivity index (χ0v) is 13.8. The Balaban J connectivity index is 1.85. The number of fused-ring (bicyclic) bond motifs is 1. The van der Waals surface area contributed by atoms with Crippen LogP contribution in [-0.4, -0.2) is 15.8 Å². The smallest absolute Gasteiger partial charge is 0.385 e. The van der Waals surface area contributed by atoms with Gasteiger partial charge in [-0.15, -0.1) is 0 Å². The predicted octanol–water partition coefficient (Wildman–Crippen LogP) is 4.80. The number of carbonyl (C=O) groups is 1. The first kappa shape index (κ1) is 17.0. The molecule has 135 valence electrons. The number of nitrogens with one attached hydrogen (secondary N) is 2. The van der Waals surface area contributed by atoms with Gasteiger partial charge in [0.2, 0.25) is 0 Å². The Kier molecular flexibility index (Phi) is 3.80. The third-order valence-electron chi connectivity index (χ3n) is 4.38. The van der Waals surface area contributed by atoms with Crippen molar-refractivity contribution in [2.24, 2.45) is 0 Å². The molecule has 2 aromatic heterocycles. The Morgan fingerprint density at radius 3 is 2.63 bits per heavy atom. The van der Waals surface area contributed by atoms with E-state index in [0.29, 0.717) is 10.9 Å². The van der Waals surface area contributed by atoms with Crippen molar-refractivity contribution in [3.8, 4) is 11.1 Å². The van der Waals surface area contributed by atoms with Crippen molar-refractivity contribution in [1.82, 2.24) is 9.97 Å². The molecular formula is C20H13F3N3O. The van der Waals surface area contributed by atoms with Crippen molar-refractivity contribution in [3.63, 3.8) is 0 Å². The lowest BCUT2D eigenvalue weighted by atomic mass is 9.96. The molecule has 2 aromatic carbocycles. The molecular weight excluding hydrogens is 355 g/mol. The number of hydrogen-bond donors (Lipinski definition) is 3. The van der Waals surface area contributed by atoms with Crippen molar-refractivity contribution in [3.05, 3.63) is 77.6 Å². The average Bonchev–Trinajstić information content (AvgIpc) is 3.24. The van der Waals surface area contributed by atoms with E-state index in [1.54, 1.807) is 18.3 Å². The van der Waals surface area contributed by atoms with E-state index < -0.39 is 17.5 Å². The van der Waals surface area contributed by atoms with Crippen LogP contribution in [0.4, 0.5) is 19.0 Å². The lowest BCUT2D eigenvalue weighted by Crippen LogP contribution is -2.06. The molecule has 0 aliphatic carbocycles. The van der Waals surface area contributed by atoms with Crippen molar-refractivity contribution >= 4 is 22.5 Å². The largest absolute Gasteiger partial charge is 0.416 e. The Bertz CT molecular complexity index is 1150. The van der Waals surface area contributed by atoms with Crippen LogP contribution in [0.3, 0.4) is 0 Å². The van der Waals surface area contributed by atoms with Gasteiger partial charge >= 0.3 is 6.18 Å². The quantitative estimate of drug-likeness (QED) is 0.455. The summed E-state index contributed by atoms with van der Waals surface area (Å²) in [6.45, 7) is 0. The van der Waals surface area contributed by atoms with Gasteiger partial charge in [-0.2, -0.15) is 13.2 Å². The first-order chi connectivity index (χ1) is 12.9. The van der Waals surface area contributed by atoms with Crippen molar-refractivity contribution in [1.29, 1.82) is 0 Å². The molecule has 4 nitrogen and oxygen atoms in total. The fraction of sp³-hybridized carbons (Fsp3) is 0.0500. The van der Waals surface area contributed by atoms with Crippen LogP contribution in [0.1, 0.15) is 21.5 Å². The number of alkyl halides is 3. The van der Waals surface area contributed by atoms with Gasteiger partial charge in [0.05, 0.1) is 17.3 Å². The Hall–Kier alpha value is -3.48. The normalized spacial score (nSPS) is 11.8. The minimum absolute atomic E-state index is 0.0534. The molecule has 2 heterocycles. The van der Waals surface area contributed by atoms with Gasteiger partial charge < -0.3 is 15.7 Å². The number of nitrogens with two attached hydrogens (primary N) is 1. The third-order valence-corrected chi connectivity index (χ3v) is 4.38. The maximum absolute atomic E-state index is 13.1. The van der Waals surface area contributed by atoms with E-state index in [0.717, 1.165) is 17.6 Å². The highest BCUT2D eigenvalue weighted by Gasteiger charge is 2.31. The van der Waals surface area contributed by atoms with E-state index in [9.17, 15) is 18.0 Å². The molecule has 0 aliphatic rings. The van der Waals surface area contributed by atoms with Crippen molar-refractivity contribution in [2.45, 2.75) is 6.18 Å². The Labute approximate surface area is 151 Å². The maximum atomic E-state index is 13.1. The second kappa shape index (κ2) is 6.05. The zero-order valence-electron chi connectivity index (χ0n) is 13.8. The molecule has 0 fully saturated rings. The molecule has 0 saturated heterocycles.